The Kier molecular flexibility index (Phi) is 9.45. The highest BCUT2D eigenvalue weighted by molar-refractivity contribution is 7.88. The number of aromatic nitrogens is 2. The van der Waals surface area contributed by atoms with Gasteiger partial charge in [-0.15, -0.1) is 0 Å². The molecule has 0 unspecified atom stereocenters. The van der Waals surface area contributed by atoms with Crippen LogP contribution in [-0.4, -0.2) is 102 Å². The lowest BCUT2D eigenvalue weighted by Crippen LogP contribution is -2.60. The number of sulfonamides is 1. The van der Waals surface area contributed by atoms with Crippen molar-refractivity contribution >= 4 is 22.1 Å². The van der Waals surface area contributed by atoms with Gasteiger partial charge in [-0.3, -0.25) is 0 Å². The molecule has 17 heteroatoms. The fourth-order valence-electron chi connectivity index (χ4n) is 3.90. The average Bonchev–Trinajstić information content (AvgIpc) is 2.74. The number of hydrogen-bond donors (Lipinski definition) is 1. The van der Waals surface area contributed by atoms with E-state index in [4.69, 9.17) is 4.74 Å². The number of anilines is 1. The Morgan fingerprint density at radius 1 is 1.10 bits per heavy atom. The zero-order chi connectivity index (χ0) is 30.2. The van der Waals surface area contributed by atoms with Crippen molar-refractivity contribution in [2.24, 2.45) is 5.92 Å². The number of nitrogens with zero attached hydrogens (tertiary/aromatic N) is 5. The standard InChI is InChI=1S/C22H33F6N5O5S/c1-14(2)11-32(39(6,36)37)13-16-12-31(18(34)38-19(3,4)5)7-8-33(16)17-29-9-15(10-30-17)20(35,21(23,24)25)22(26,27)28/h9-10,14,16,35H,7-8,11-13H2,1-6H3/t16-/m1/s1. The van der Waals surface area contributed by atoms with Crippen molar-refractivity contribution in [3.8, 4) is 0 Å². The lowest BCUT2D eigenvalue weighted by atomic mass is 9.95. The van der Waals surface area contributed by atoms with Crippen LogP contribution in [0.5, 0.6) is 0 Å². The van der Waals surface area contributed by atoms with Crippen molar-refractivity contribution in [3.63, 3.8) is 0 Å². The maximum atomic E-state index is 13.3. The molecule has 2 heterocycles. The number of carbonyl (C=O) groups excluding carboxylic acids is 1. The first-order valence-electron chi connectivity index (χ1n) is 11.9. The van der Waals surface area contributed by atoms with Gasteiger partial charge in [0.15, 0.2) is 0 Å². The van der Waals surface area contributed by atoms with Crippen LogP contribution < -0.4 is 4.90 Å². The van der Waals surface area contributed by atoms with Gasteiger partial charge < -0.3 is 19.6 Å². The third-order valence-electron chi connectivity index (χ3n) is 5.72. The van der Waals surface area contributed by atoms with Crippen LogP contribution in [0.2, 0.25) is 0 Å². The van der Waals surface area contributed by atoms with E-state index in [1.165, 1.54) is 9.80 Å². The summed E-state index contributed by atoms with van der Waals surface area (Å²) >= 11 is 0. The molecule has 0 spiro atoms. The molecule has 2 rings (SSSR count). The van der Waals surface area contributed by atoms with E-state index in [1.54, 1.807) is 34.6 Å². The average molecular weight is 594 g/mol. The van der Waals surface area contributed by atoms with Crippen LogP contribution in [0.3, 0.4) is 0 Å². The van der Waals surface area contributed by atoms with E-state index in [2.05, 4.69) is 9.97 Å². The van der Waals surface area contributed by atoms with Crippen molar-refractivity contribution in [1.29, 1.82) is 0 Å². The van der Waals surface area contributed by atoms with Gasteiger partial charge in [0.2, 0.25) is 16.0 Å². The zero-order valence-corrected chi connectivity index (χ0v) is 23.2. The fraction of sp³-hybridized carbons (Fsp3) is 0.773. The second-order valence-electron chi connectivity index (χ2n) is 10.7. The summed E-state index contributed by atoms with van der Waals surface area (Å²) < 4.78 is 111. The largest absolute Gasteiger partial charge is 0.444 e. The molecule has 0 aromatic carbocycles. The summed E-state index contributed by atoms with van der Waals surface area (Å²) in [7, 11) is -3.74. The van der Waals surface area contributed by atoms with E-state index in [9.17, 15) is 44.7 Å². The predicted molar refractivity (Wildman–Crippen MR) is 128 cm³/mol. The second kappa shape index (κ2) is 11.2. The van der Waals surface area contributed by atoms with Crippen LogP contribution in [-0.2, 0) is 20.4 Å². The Morgan fingerprint density at radius 2 is 1.62 bits per heavy atom. The number of amides is 1. The molecule has 1 aromatic rings. The summed E-state index contributed by atoms with van der Waals surface area (Å²) in [6.07, 6.45) is -11.4. The maximum absolute atomic E-state index is 13.3. The van der Waals surface area contributed by atoms with Gasteiger partial charge in [0.1, 0.15) is 5.60 Å². The minimum Gasteiger partial charge on any atom is -0.444 e. The van der Waals surface area contributed by atoms with Crippen LogP contribution in [0.4, 0.5) is 37.1 Å². The fourth-order valence-corrected chi connectivity index (χ4v) is 4.91. The zero-order valence-electron chi connectivity index (χ0n) is 22.3. The van der Waals surface area contributed by atoms with Gasteiger partial charge in [-0.25, -0.2) is 23.2 Å². The van der Waals surface area contributed by atoms with E-state index in [0.29, 0.717) is 0 Å². The van der Waals surface area contributed by atoms with E-state index in [-0.39, 0.29) is 57.0 Å². The molecule has 1 aliphatic rings. The van der Waals surface area contributed by atoms with Gasteiger partial charge in [0, 0.05) is 50.7 Å². The van der Waals surface area contributed by atoms with Crippen LogP contribution in [0.1, 0.15) is 40.2 Å². The molecule has 1 N–H and O–H groups in total. The first-order valence-corrected chi connectivity index (χ1v) is 13.7. The van der Waals surface area contributed by atoms with Gasteiger partial charge in [-0.2, -0.15) is 30.6 Å². The van der Waals surface area contributed by atoms with Crippen LogP contribution in [0.25, 0.3) is 0 Å². The van der Waals surface area contributed by atoms with Crippen molar-refractivity contribution in [2.75, 3.05) is 43.9 Å². The summed E-state index contributed by atoms with van der Waals surface area (Å²) in [5, 5.41) is 9.61. The molecule has 0 bridgehead atoms. The molecular weight excluding hydrogens is 560 g/mol. The minimum absolute atomic E-state index is 0.0224. The van der Waals surface area contributed by atoms with Gasteiger partial charge in [0.05, 0.1) is 12.3 Å². The summed E-state index contributed by atoms with van der Waals surface area (Å²) in [6, 6.07) is -0.838. The molecule has 0 aliphatic carbocycles. The smallest absolute Gasteiger partial charge is 0.430 e. The third-order valence-corrected chi connectivity index (χ3v) is 6.96. The van der Waals surface area contributed by atoms with Crippen LogP contribution in [0.15, 0.2) is 12.4 Å². The number of halogens is 6. The monoisotopic (exact) mass is 593 g/mol. The van der Waals surface area contributed by atoms with Crippen molar-refractivity contribution in [2.45, 2.75) is 64.2 Å². The van der Waals surface area contributed by atoms with Crippen LogP contribution >= 0.6 is 0 Å². The molecular formula is C22H33F6N5O5S. The highest BCUT2D eigenvalue weighted by atomic mass is 32.2. The first-order chi connectivity index (χ1) is 17.5. The topological polar surface area (TPSA) is 116 Å². The molecule has 224 valence electrons. The quantitative estimate of drug-likeness (QED) is 0.480. The highest BCUT2D eigenvalue weighted by Gasteiger charge is 2.71. The molecule has 1 aliphatic heterocycles. The maximum Gasteiger partial charge on any atom is 0.430 e. The van der Waals surface area contributed by atoms with E-state index < -0.39 is 51.3 Å². The van der Waals surface area contributed by atoms with Gasteiger partial charge in [-0.05, 0) is 26.7 Å². The highest BCUT2D eigenvalue weighted by Crippen LogP contribution is 2.49. The Bertz CT molecular complexity index is 1090. The van der Waals surface area contributed by atoms with Gasteiger partial charge >= 0.3 is 18.4 Å². The Hall–Kier alpha value is -2.40. The van der Waals surface area contributed by atoms with Crippen molar-refractivity contribution < 1.29 is 49.4 Å². The number of carbonyl (C=O) groups is 1. The lowest BCUT2D eigenvalue weighted by Gasteiger charge is -2.43. The van der Waals surface area contributed by atoms with E-state index in [0.717, 1.165) is 10.6 Å². The third kappa shape index (κ3) is 7.84. The molecule has 1 saturated heterocycles. The molecule has 1 aromatic heterocycles. The Labute approximate surface area is 223 Å². The molecule has 1 amide bonds. The number of piperazine rings is 1. The molecule has 0 radical (unpaired) electrons. The Morgan fingerprint density at radius 3 is 2.03 bits per heavy atom. The number of ether oxygens (including phenoxy) is 1. The van der Waals surface area contributed by atoms with E-state index in [1.807, 2.05) is 0 Å². The number of alkyl halides is 6. The molecule has 39 heavy (non-hydrogen) atoms. The number of aliphatic hydroxyl groups is 1. The minimum atomic E-state index is -6.11. The molecule has 0 saturated carbocycles. The summed E-state index contributed by atoms with van der Waals surface area (Å²) in [4.78, 5) is 22.7. The SMILES string of the molecule is CC(C)CN(C[C@H]1CN(C(=O)OC(C)(C)C)CCN1c1ncc(C(O)(C(F)(F)F)C(F)(F)F)cn1)S(C)(=O)=O. The Balaban J connectivity index is 2.47. The summed E-state index contributed by atoms with van der Waals surface area (Å²) in [5.74, 6) is -0.394. The normalized spacial score (nSPS) is 18.2. The molecule has 1 atom stereocenters. The van der Waals surface area contributed by atoms with Gasteiger partial charge in [-0.1, -0.05) is 13.8 Å². The van der Waals surface area contributed by atoms with Crippen LogP contribution in [0, 0.1) is 5.92 Å². The summed E-state index contributed by atoms with van der Waals surface area (Å²) in [6.45, 7) is 8.36. The van der Waals surface area contributed by atoms with E-state index >= 15 is 0 Å². The van der Waals surface area contributed by atoms with Crippen molar-refractivity contribution in [3.05, 3.63) is 18.0 Å². The second-order valence-corrected chi connectivity index (χ2v) is 12.7. The predicted octanol–water partition coefficient (Wildman–Crippen LogP) is 3.13. The van der Waals surface area contributed by atoms with Gasteiger partial charge in [0.25, 0.3) is 5.60 Å². The first kappa shape index (κ1) is 32.8. The van der Waals surface area contributed by atoms with Crippen molar-refractivity contribution in [1.82, 2.24) is 19.2 Å². The summed E-state index contributed by atoms with van der Waals surface area (Å²) in [5.41, 5.74) is -7.65. The molecule has 1 fully saturated rings. The lowest BCUT2D eigenvalue weighted by molar-refractivity contribution is -0.376. The molecule has 10 nitrogen and oxygen atoms in total. The number of rotatable bonds is 7. The number of hydrogen-bond acceptors (Lipinski definition) is 8.